The third kappa shape index (κ3) is 4.59. The van der Waals surface area contributed by atoms with Crippen LogP contribution >= 0.6 is 11.3 Å². The van der Waals surface area contributed by atoms with Crippen LogP contribution in [0.25, 0.3) is 53.2 Å². The van der Waals surface area contributed by atoms with Crippen molar-refractivity contribution in [3.05, 3.63) is 164 Å². The first-order chi connectivity index (χ1) is 22.8. The lowest BCUT2D eigenvalue weighted by Gasteiger charge is -2.26. The summed E-state index contributed by atoms with van der Waals surface area (Å²) in [7, 11) is 0. The van der Waals surface area contributed by atoms with E-state index in [0.29, 0.717) is 0 Å². The van der Waals surface area contributed by atoms with Crippen molar-refractivity contribution in [1.82, 2.24) is 0 Å². The Balaban J connectivity index is 1.09. The summed E-state index contributed by atoms with van der Waals surface area (Å²) in [6, 6.07) is 57.9. The molecule has 0 spiro atoms. The molecule has 0 radical (unpaired) electrons. The lowest BCUT2D eigenvalue weighted by molar-refractivity contribution is 0.669. The predicted octanol–water partition coefficient (Wildman–Crippen LogP) is 12.8. The van der Waals surface area contributed by atoms with Crippen molar-refractivity contribution >= 4 is 81.9 Å². The maximum Gasteiger partial charge on any atom is 0.135 e. The van der Waals surface area contributed by atoms with Crippen LogP contribution in [0.2, 0.25) is 0 Å². The predicted molar refractivity (Wildman–Crippen MR) is 196 cm³/mol. The van der Waals surface area contributed by atoms with Crippen molar-refractivity contribution < 1.29 is 4.42 Å². The molecule has 9 aromatic rings. The smallest absolute Gasteiger partial charge is 0.135 e. The number of anilines is 5. The summed E-state index contributed by atoms with van der Waals surface area (Å²) in [5.74, 6) is 0. The zero-order chi connectivity index (χ0) is 30.5. The van der Waals surface area contributed by atoms with E-state index in [4.69, 9.17) is 4.42 Å². The monoisotopic (exact) mass is 608 g/mol. The third-order valence-electron chi connectivity index (χ3n) is 8.61. The molecule has 0 atom stereocenters. The molecule has 0 amide bonds. The van der Waals surface area contributed by atoms with E-state index >= 15 is 0 Å². The van der Waals surface area contributed by atoms with Crippen molar-refractivity contribution in [2.45, 2.75) is 0 Å². The molecule has 7 aromatic carbocycles. The Morgan fingerprint density at radius 3 is 1.98 bits per heavy atom. The molecule has 46 heavy (non-hydrogen) atoms. The summed E-state index contributed by atoms with van der Waals surface area (Å²) in [6.07, 6.45) is 0. The number of nitrogens with zero attached hydrogens (tertiary/aromatic N) is 1. The Morgan fingerprint density at radius 1 is 0.457 bits per heavy atom. The van der Waals surface area contributed by atoms with Gasteiger partial charge in [-0.25, -0.2) is 0 Å². The number of fused-ring (bicyclic) bond motifs is 6. The summed E-state index contributed by atoms with van der Waals surface area (Å²) >= 11 is 1.85. The first-order valence-corrected chi connectivity index (χ1v) is 16.2. The molecular weight excluding hydrogens is 581 g/mol. The van der Waals surface area contributed by atoms with E-state index in [9.17, 15) is 0 Å². The SMILES string of the molecule is c1ccc(N(c2ccccc2)c2cccc3sc4cc(-c5cccc(Nc6ccc7oc8ccccc8c7c6)c5)ccc4c23)cc1. The largest absolute Gasteiger partial charge is 0.456 e. The Labute approximate surface area is 270 Å². The Kier molecular flexibility index (Phi) is 6.32. The summed E-state index contributed by atoms with van der Waals surface area (Å²) < 4.78 is 8.58. The van der Waals surface area contributed by atoms with Gasteiger partial charge in [-0.1, -0.05) is 84.9 Å². The zero-order valence-corrected chi connectivity index (χ0v) is 25.7. The van der Waals surface area contributed by atoms with Gasteiger partial charge in [0.05, 0.1) is 5.69 Å². The molecule has 2 aromatic heterocycles. The quantitative estimate of drug-likeness (QED) is 0.204. The first-order valence-electron chi connectivity index (χ1n) is 15.4. The van der Waals surface area contributed by atoms with Crippen LogP contribution in [-0.2, 0) is 0 Å². The van der Waals surface area contributed by atoms with E-state index in [0.717, 1.165) is 44.7 Å². The fourth-order valence-electron chi connectivity index (χ4n) is 6.50. The normalized spacial score (nSPS) is 11.5. The highest BCUT2D eigenvalue weighted by atomic mass is 32.1. The Morgan fingerprint density at radius 2 is 1.15 bits per heavy atom. The fraction of sp³-hybridized carbons (Fsp3) is 0. The molecular formula is C42H28N2OS. The topological polar surface area (TPSA) is 28.4 Å². The summed E-state index contributed by atoms with van der Waals surface area (Å²) in [6.45, 7) is 0. The minimum Gasteiger partial charge on any atom is -0.456 e. The first kappa shape index (κ1) is 26.6. The molecule has 0 unspecified atom stereocenters. The van der Waals surface area contributed by atoms with Gasteiger partial charge in [0.2, 0.25) is 0 Å². The van der Waals surface area contributed by atoms with Gasteiger partial charge >= 0.3 is 0 Å². The van der Waals surface area contributed by atoms with E-state index in [1.807, 2.05) is 29.5 Å². The maximum atomic E-state index is 6.03. The van der Waals surface area contributed by atoms with Gasteiger partial charge in [0.15, 0.2) is 0 Å². The van der Waals surface area contributed by atoms with Gasteiger partial charge in [0.1, 0.15) is 11.2 Å². The molecule has 0 fully saturated rings. The Bertz CT molecular complexity index is 2470. The average Bonchev–Trinajstić information content (AvgIpc) is 3.68. The van der Waals surface area contributed by atoms with E-state index in [-0.39, 0.29) is 0 Å². The molecule has 9 rings (SSSR count). The molecule has 3 nitrogen and oxygen atoms in total. The summed E-state index contributed by atoms with van der Waals surface area (Å²) in [4.78, 5) is 2.36. The Hall–Kier alpha value is -5.84. The highest BCUT2D eigenvalue weighted by molar-refractivity contribution is 7.26. The highest BCUT2D eigenvalue weighted by Crippen LogP contribution is 2.45. The van der Waals surface area contributed by atoms with Crippen molar-refractivity contribution in [1.29, 1.82) is 0 Å². The van der Waals surface area contributed by atoms with Crippen LogP contribution in [0.4, 0.5) is 28.4 Å². The third-order valence-corrected chi connectivity index (χ3v) is 9.72. The molecule has 4 heteroatoms. The molecule has 0 aliphatic carbocycles. The molecule has 218 valence electrons. The van der Waals surface area contributed by atoms with Gasteiger partial charge in [-0.2, -0.15) is 0 Å². The lowest BCUT2D eigenvalue weighted by Crippen LogP contribution is -2.09. The van der Waals surface area contributed by atoms with Crippen molar-refractivity contribution in [3.63, 3.8) is 0 Å². The van der Waals surface area contributed by atoms with Gasteiger partial charge in [0.25, 0.3) is 0 Å². The molecule has 0 bridgehead atoms. The van der Waals surface area contributed by atoms with Gasteiger partial charge < -0.3 is 14.6 Å². The number of thiophene rings is 1. The van der Waals surface area contributed by atoms with Crippen LogP contribution in [0, 0.1) is 0 Å². The number of hydrogen-bond donors (Lipinski definition) is 1. The van der Waals surface area contributed by atoms with Crippen LogP contribution in [0.3, 0.4) is 0 Å². The molecule has 2 heterocycles. The van der Waals surface area contributed by atoms with Gasteiger partial charge in [-0.15, -0.1) is 11.3 Å². The summed E-state index contributed by atoms with van der Waals surface area (Å²) in [5.41, 5.74) is 9.72. The molecule has 0 aliphatic heterocycles. The van der Waals surface area contributed by atoms with E-state index < -0.39 is 0 Å². The molecule has 0 saturated heterocycles. The van der Waals surface area contributed by atoms with Crippen LogP contribution in [-0.4, -0.2) is 0 Å². The van der Waals surface area contributed by atoms with E-state index in [1.54, 1.807) is 0 Å². The minimum absolute atomic E-state index is 0.899. The lowest BCUT2D eigenvalue weighted by atomic mass is 10.0. The van der Waals surface area contributed by atoms with Gasteiger partial charge in [-0.3, -0.25) is 0 Å². The molecule has 0 saturated carbocycles. The maximum absolute atomic E-state index is 6.03. The number of para-hydroxylation sites is 3. The molecule has 1 N–H and O–H groups in total. The van der Waals surface area contributed by atoms with Crippen molar-refractivity contribution in [2.24, 2.45) is 0 Å². The number of hydrogen-bond acceptors (Lipinski definition) is 4. The van der Waals surface area contributed by atoms with Gasteiger partial charge in [-0.05, 0) is 90.0 Å². The fourth-order valence-corrected chi connectivity index (χ4v) is 7.67. The second kappa shape index (κ2) is 11.0. The minimum atomic E-state index is 0.899. The highest BCUT2D eigenvalue weighted by Gasteiger charge is 2.18. The van der Waals surface area contributed by atoms with Crippen LogP contribution in [0.5, 0.6) is 0 Å². The standard InChI is InChI=1S/C42H28N2OS/c1-3-13-32(14-4-1)44(33-15-5-2-6-16-33)37-18-10-20-40-42(37)35-23-21-29(26-41(35)46-40)28-11-9-12-30(25-28)43-31-22-24-39-36(27-31)34-17-7-8-19-38(34)45-39/h1-27,43H. The summed E-state index contributed by atoms with van der Waals surface area (Å²) in [5, 5.41) is 8.42. The van der Waals surface area contributed by atoms with Crippen LogP contribution in [0.1, 0.15) is 0 Å². The average molecular weight is 609 g/mol. The number of benzene rings is 7. The van der Waals surface area contributed by atoms with Crippen molar-refractivity contribution in [3.8, 4) is 11.1 Å². The molecule has 0 aliphatic rings. The second-order valence-electron chi connectivity index (χ2n) is 11.5. The van der Waals surface area contributed by atoms with E-state index in [2.05, 4.69) is 156 Å². The second-order valence-corrected chi connectivity index (χ2v) is 12.6. The number of nitrogens with one attached hydrogen (secondary N) is 1. The zero-order valence-electron chi connectivity index (χ0n) is 24.9. The van der Waals surface area contributed by atoms with Crippen LogP contribution < -0.4 is 10.2 Å². The number of furan rings is 1. The van der Waals surface area contributed by atoms with E-state index in [1.165, 1.54) is 37.0 Å². The van der Waals surface area contributed by atoms with Crippen LogP contribution in [0.15, 0.2) is 168 Å². The van der Waals surface area contributed by atoms with Crippen molar-refractivity contribution in [2.75, 3.05) is 10.2 Å². The number of rotatable bonds is 6. The van der Waals surface area contributed by atoms with Gasteiger partial charge in [0, 0.05) is 53.7 Å².